The fraction of sp³-hybridized carbons (Fsp3) is 0.605. The maximum atomic E-state index is 14.4. The number of carboxylic acid groups (broad SMARTS) is 1. The first-order valence-electron chi connectivity index (χ1n) is 19.8. The molecule has 0 unspecified atom stereocenters. The number of nitrogens with one attached hydrogen (secondary N) is 6. The van der Waals surface area contributed by atoms with E-state index in [1.54, 1.807) is 26.0 Å². The molecule has 2 heterocycles. The minimum absolute atomic E-state index is 0.0255. The number of nitrogens with two attached hydrogens (primary N) is 3. The van der Waals surface area contributed by atoms with Crippen LogP contribution in [0.1, 0.15) is 77.7 Å². The minimum atomic E-state index is -1.41. The number of nitrogens with zero attached hydrogens (tertiary/aromatic N) is 2. The molecule has 0 radical (unpaired) electrons. The van der Waals surface area contributed by atoms with Crippen molar-refractivity contribution in [2.45, 2.75) is 121 Å². The summed E-state index contributed by atoms with van der Waals surface area (Å²) in [6.45, 7) is 5.49. The van der Waals surface area contributed by atoms with E-state index in [2.05, 4.69) is 26.6 Å². The van der Waals surface area contributed by atoms with E-state index in [1.807, 2.05) is 0 Å². The number of carboxylic acids is 1. The second-order valence-corrected chi connectivity index (χ2v) is 15.3. The van der Waals surface area contributed by atoms with E-state index in [-0.39, 0.29) is 82.2 Å². The van der Waals surface area contributed by atoms with Crippen molar-refractivity contribution in [1.29, 1.82) is 5.41 Å². The van der Waals surface area contributed by atoms with Crippen molar-refractivity contribution >= 4 is 53.3 Å². The lowest BCUT2D eigenvalue weighted by atomic mass is 10.0. The van der Waals surface area contributed by atoms with Gasteiger partial charge in [0.15, 0.2) is 5.96 Å². The Labute approximate surface area is 342 Å². The summed E-state index contributed by atoms with van der Waals surface area (Å²) < 4.78 is 0. The Morgan fingerprint density at radius 2 is 1.34 bits per heavy atom. The van der Waals surface area contributed by atoms with Crippen molar-refractivity contribution in [1.82, 2.24) is 36.4 Å². The van der Waals surface area contributed by atoms with Crippen LogP contribution in [-0.4, -0.2) is 135 Å². The second-order valence-electron chi connectivity index (χ2n) is 15.3. The van der Waals surface area contributed by atoms with Crippen molar-refractivity contribution in [3.63, 3.8) is 0 Å². The van der Waals surface area contributed by atoms with Gasteiger partial charge in [0.2, 0.25) is 41.4 Å². The van der Waals surface area contributed by atoms with Gasteiger partial charge in [-0.25, -0.2) is 4.79 Å². The number of carbonyl (C=O) groups is 8. The molecule has 21 nitrogen and oxygen atoms in total. The van der Waals surface area contributed by atoms with Gasteiger partial charge in [-0.15, -0.1) is 0 Å². The maximum absolute atomic E-state index is 14.4. The molecule has 0 saturated carbocycles. The molecule has 7 atom stereocenters. The number of phenolic OH excluding ortho intramolecular Hbond substituents is 1. The van der Waals surface area contributed by atoms with Crippen LogP contribution in [0.5, 0.6) is 5.75 Å². The normalized spacial score (nSPS) is 18.8. The summed E-state index contributed by atoms with van der Waals surface area (Å²) in [7, 11) is 0. The molecule has 0 aromatic heterocycles. The molecule has 59 heavy (non-hydrogen) atoms. The summed E-state index contributed by atoms with van der Waals surface area (Å²) in [6.07, 6.45) is 0.835. The zero-order valence-electron chi connectivity index (χ0n) is 33.7. The van der Waals surface area contributed by atoms with Crippen LogP contribution >= 0.6 is 0 Å². The Kier molecular flexibility index (Phi) is 17.9. The highest BCUT2D eigenvalue weighted by atomic mass is 16.4. The molecule has 7 amide bonds. The lowest BCUT2D eigenvalue weighted by Crippen LogP contribution is -2.60. The quantitative estimate of drug-likeness (QED) is 0.0347. The van der Waals surface area contributed by atoms with E-state index in [4.69, 9.17) is 22.6 Å². The number of guanidine groups is 1. The summed E-state index contributed by atoms with van der Waals surface area (Å²) in [5, 5.41) is 39.8. The average molecular weight is 830 g/mol. The van der Waals surface area contributed by atoms with Gasteiger partial charge in [-0.2, -0.15) is 0 Å². The van der Waals surface area contributed by atoms with Gasteiger partial charge in [0.1, 0.15) is 42.0 Å². The zero-order chi connectivity index (χ0) is 44.0. The van der Waals surface area contributed by atoms with Crippen LogP contribution in [-0.2, 0) is 44.8 Å². The number of benzene rings is 1. The van der Waals surface area contributed by atoms with Gasteiger partial charge >= 0.3 is 5.97 Å². The minimum Gasteiger partial charge on any atom is -0.508 e. The standard InChI is InChI=1S/C38H59N11O10/c1-20(2)30(47-31(52)21(3)39)36(57)49-18-6-9-28(49)34(55)46-26(19-22-10-12-23(50)13-11-22)35(56)48-17-5-8-27(48)33(54)44-24(14-15-29(40)51)32(53)45-25(37(58)59)7-4-16-43-38(41)42/h10-13,20-21,24-28,30,50H,4-9,14-19,39H2,1-3H3,(H2,40,51)(H,44,54)(H,45,53)(H,46,55)(H,47,52)(H,58,59)(H4,41,42,43)/t21-,24-,25-,26-,27-,28-,30-/m0/s1. The largest absolute Gasteiger partial charge is 0.508 e. The summed E-state index contributed by atoms with van der Waals surface area (Å²) >= 11 is 0. The third-order valence-corrected chi connectivity index (χ3v) is 10.2. The van der Waals surface area contributed by atoms with Crippen molar-refractivity contribution in [3.8, 4) is 5.75 Å². The average Bonchev–Trinajstić information content (AvgIpc) is 3.87. The molecule has 2 aliphatic heterocycles. The Balaban J connectivity index is 1.83. The van der Waals surface area contributed by atoms with Crippen LogP contribution < -0.4 is 43.8 Å². The first-order chi connectivity index (χ1) is 27.8. The molecular formula is C38H59N11O10. The first kappa shape index (κ1) is 47.4. The molecule has 0 aliphatic carbocycles. The number of hydrogen-bond donors (Lipinski definition) is 11. The van der Waals surface area contributed by atoms with Gasteiger partial charge < -0.3 is 63.8 Å². The van der Waals surface area contributed by atoms with Crippen LogP contribution in [0.2, 0.25) is 0 Å². The number of carbonyl (C=O) groups excluding carboxylic acids is 7. The van der Waals surface area contributed by atoms with Crippen molar-refractivity contribution in [2.75, 3.05) is 19.6 Å². The molecule has 326 valence electrons. The molecule has 1 aromatic rings. The van der Waals surface area contributed by atoms with E-state index in [1.165, 1.54) is 28.9 Å². The number of rotatable bonds is 21. The Bertz CT molecular complexity index is 1710. The fourth-order valence-corrected chi connectivity index (χ4v) is 7.00. The maximum Gasteiger partial charge on any atom is 0.326 e. The van der Waals surface area contributed by atoms with Crippen LogP contribution in [0.4, 0.5) is 0 Å². The van der Waals surface area contributed by atoms with Crippen molar-refractivity contribution in [3.05, 3.63) is 29.8 Å². The highest BCUT2D eigenvalue weighted by molar-refractivity contribution is 5.97. The monoisotopic (exact) mass is 829 g/mol. The SMILES string of the molecule is CC(C)[C@H](NC(=O)[C@H](C)N)C(=O)N1CCC[C@H]1C(=O)N[C@@H](Cc1ccc(O)cc1)C(=O)N1CCC[C@H]1C(=O)N[C@@H](CCC(N)=O)C(=O)N[C@@H](CCCNC(=N)N)C(=O)O. The van der Waals surface area contributed by atoms with Gasteiger partial charge in [0.05, 0.1) is 6.04 Å². The number of phenols is 1. The van der Waals surface area contributed by atoms with E-state index < -0.39 is 89.6 Å². The summed E-state index contributed by atoms with van der Waals surface area (Å²) in [5.41, 5.74) is 16.9. The summed E-state index contributed by atoms with van der Waals surface area (Å²) in [6, 6.07) is -1.99. The predicted octanol–water partition coefficient (Wildman–Crippen LogP) is -2.53. The fourth-order valence-electron chi connectivity index (χ4n) is 7.00. The molecule has 2 saturated heterocycles. The van der Waals surface area contributed by atoms with E-state index >= 15 is 0 Å². The molecule has 1 aromatic carbocycles. The third kappa shape index (κ3) is 14.1. The van der Waals surface area contributed by atoms with Crippen molar-refractivity contribution < 1.29 is 48.6 Å². The summed E-state index contributed by atoms with van der Waals surface area (Å²) in [5.74, 6) is -6.70. The van der Waals surface area contributed by atoms with Gasteiger partial charge in [0.25, 0.3) is 0 Å². The number of likely N-dealkylation sites (tertiary alicyclic amines) is 2. The van der Waals surface area contributed by atoms with Crippen LogP contribution in [0.15, 0.2) is 24.3 Å². The number of amides is 7. The highest BCUT2D eigenvalue weighted by Crippen LogP contribution is 2.24. The molecule has 0 bridgehead atoms. The molecule has 21 heteroatoms. The van der Waals surface area contributed by atoms with Crippen LogP contribution in [0.25, 0.3) is 0 Å². The molecule has 2 fully saturated rings. The van der Waals surface area contributed by atoms with E-state index in [9.17, 15) is 48.6 Å². The lowest BCUT2D eigenvalue weighted by molar-refractivity contribution is -0.145. The highest BCUT2D eigenvalue weighted by Gasteiger charge is 2.43. The van der Waals surface area contributed by atoms with Crippen LogP contribution in [0.3, 0.4) is 0 Å². The third-order valence-electron chi connectivity index (χ3n) is 10.2. The number of hydrogen-bond acceptors (Lipinski definition) is 11. The van der Waals surface area contributed by atoms with Gasteiger partial charge in [0, 0.05) is 32.5 Å². The number of aromatic hydroxyl groups is 1. The predicted molar refractivity (Wildman–Crippen MR) is 213 cm³/mol. The van der Waals surface area contributed by atoms with Gasteiger partial charge in [-0.05, 0) is 75.5 Å². The Morgan fingerprint density at radius 1 is 0.780 bits per heavy atom. The summed E-state index contributed by atoms with van der Waals surface area (Å²) in [4.78, 5) is 108. The number of primary amides is 1. The van der Waals surface area contributed by atoms with Crippen molar-refractivity contribution in [2.24, 2.45) is 23.1 Å². The molecule has 14 N–H and O–H groups in total. The topological polar surface area (TPSA) is 346 Å². The lowest BCUT2D eigenvalue weighted by Gasteiger charge is -2.33. The molecule has 0 spiro atoms. The molecule has 2 aliphatic rings. The number of aliphatic carboxylic acids is 1. The van der Waals surface area contributed by atoms with E-state index in [0.29, 0.717) is 18.4 Å². The van der Waals surface area contributed by atoms with Gasteiger partial charge in [-0.3, -0.25) is 39.0 Å². The van der Waals surface area contributed by atoms with E-state index in [0.717, 1.165) is 0 Å². The second kappa shape index (κ2) is 22.2. The zero-order valence-corrected chi connectivity index (χ0v) is 33.7. The smallest absolute Gasteiger partial charge is 0.326 e. The molecule has 3 rings (SSSR count). The first-order valence-corrected chi connectivity index (χ1v) is 19.8. The molecular weight excluding hydrogens is 770 g/mol. The Morgan fingerprint density at radius 3 is 1.85 bits per heavy atom. The van der Waals surface area contributed by atoms with Gasteiger partial charge in [-0.1, -0.05) is 26.0 Å². The van der Waals surface area contributed by atoms with Crippen LogP contribution in [0, 0.1) is 11.3 Å². The Hall–Kier alpha value is -5.99.